The minimum atomic E-state index is -0.722. The van der Waals surface area contributed by atoms with E-state index in [0.29, 0.717) is 6.54 Å². The first-order valence-electron chi connectivity index (χ1n) is 5.81. The van der Waals surface area contributed by atoms with Crippen LogP contribution in [0.3, 0.4) is 0 Å². The number of benzene rings is 1. The summed E-state index contributed by atoms with van der Waals surface area (Å²) < 4.78 is 13.2. The van der Waals surface area contributed by atoms with E-state index in [4.69, 9.17) is 0 Å². The number of nitrogens with zero attached hydrogens (tertiary/aromatic N) is 2. The van der Waals surface area contributed by atoms with Crippen molar-refractivity contribution in [3.63, 3.8) is 0 Å². The number of carbonyl (C=O) groups excluding carboxylic acids is 1. The molecule has 1 amide bonds. The average Bonchev–Trinajstić information content (AvgIpc) is 2.35. The Labute approximate surface area is 110 Å². The molecule has 0 bridgehead atoms. The average molecular weight is 269 g/mol. The van der Waals surface area contributed by atoms with Crippen LogP contribution < -0.4 is 5.32 Å². The molecule has 1 atom stereocenters. The Kier molecular flexibility index (Phi) is 4.80. The molecule has 0 aliphatic carbocycles. The molecule has 1 aromatic carbocycles. The third kappa shape index (κ3) is 3.90. The standard InChI is InChI=1S/C12H16FN3O3/c1-4-15(3)12(17)8(2)14-10-5-9(13)6-11(7-10)16(18)19/h5-8,14H,4H2,1-3H3. The van der Waals surface area contributed by atoms with E-state index in [1.165, 1.54) is 11.0 Å². The molecule has 6 nitrogen and oxygen atoms in total. The van der Waals surface area contributed by atoms with Crippen LogP contribution in [0.2, 0.25) is 0 Å². The summed E-state index contributed by atoms with van der Waals surface area (Å²) in [6, 6.07) is 2.54. The van der Waals surface area contributed by atoms with E-state index in [2.05, 4.69) is 5.32 Å². The summed E-state index contributed by atoms with van der Waals surface area (Å²) in [5.41, 5.74) is -0.150. The smallest absolute Gasteiger partial charge is 0.274 e. The molecule has 1 aromatic rings. The zero-order chi connectivity index (χ0) is 14.6. The van der Waals surface area contributed by atoms with Crippen LogP contribution in [0.1, 0.15) is 13.8 Å². The Morgan fingerprint density at radius 2 is 2.16 bits per heavy atom. The summed E-state index contributed by atoms with van der Waals surface area (Å²) in [7, 11) is 1.65. The molecule has 104 valence electrons. The molecule has 1 unspecified atom stereocenters. The molecule has 19 heavy (non-hydrogen) atoms. The van der Waals surface area contributed by atoms with Gasteiger partial charge in [-0.1, -0.05) is 0 Å². The first-order valence-corrected chi connectivity index (χ1v) is 5.81. The highest BCUT2D eigenvalue weighted by Gasteiger charge is 2.17. The maximum absolute atomic E-state index is 13.2. The third-order valence-electron chi connectivity index (χ3n) is 2.70. The van der Waals surface area contributed by atoms with Gasteiger partial charge in [-0.05, 0) is 19.9 Å². The molecule has 1 N–H and O–H groups in total. The molecule has 0 saturated heterocycles. The van der Waals surface area contributed by atoms with Crippen molar-refractivity contribution in [1.29, 1.82) is 0 Å². The van der Waals surface area contributed by atoms with Crippen LogP contribution in [0.5, 0.6) is 0 Å². The van der Waals surface area contributed by atoms with Crippen molar-refractivity contribution in [2.75, 3.05) is 18.9 Å². The van der Waals surface area contributed by atoms with Crippen molar-refractivity contribution in [3.8, 4) is 0 Å². The van der Waals surface area contributed by atoms with Crippen molar-refractivity contribution in [1.82, 2.24) is 4.90 Å². The lowest BCUT2D eigenvalue weighted by atomic mass is 10.2. The van der Waals surface area contributed by atoms with E-state index in [1.54, 1.807) is 14.0 Å². The molecule has 0 aliphatic rings. The summed E-state index contributed by atoms with van der Waals surface area (Å²) in [6.45, 7) is 4.00. The molecular formula is C12H16FN3O3. The monoisotopic (exact) mass is 269 g/mol. The predicted octanol–water partition coefficient (Wildman–Crippen LogP) is 2.01. The Bertz CT molecular complexity index is 493. The summed E-state index contributed by atoms with van der Waals surface area (Å²) in [5.74, 6) is -0.894. The van der Waals surface area contributed by atoms with Crippen LogP contribution in [-0.4, -0.2) is 35.4 Å². The van der Waals surface area contributed by atoms with Crippen LogP contribution in [0, 0.1) is 15.9 Å². The number of amides is 1. The Balaban J connectivity index is 2.87. The quantitative estimate of drug-likeness (QED) is 0.655. The maximum atomic E-state index is 13.2. The van der Waals surface area contributed by atoms with Gasteiger partial charge in [0.25, 0.3) is 5.69 Å². The molecule has 0 heterocycles. The first-order chi connectivity index (χ1) is 8.85. The highest BCUT2D eigenvalue weighted by molar-refractivity contribution is 5.84. The van der Waals surface area contributed by atoms with Crippen LogP contribution in [-0.2, 0) is 4.79 Å². The fraction of sp³-hybridized carbons (Fsp3) is 0.417. The van der Waals surface area contributed by atoms with Crippen molar-refractivity contribution in [2.45, 2.75) is 19.9 Å². The molecule has 0 fully saturated rings. The van der Waals surface area contributed by atoms with Crippen LogP contribution in [0.15, 0.2) is 18.2 Å². The lowest BCUT2D eigenvalue weighted by molar-refractivity contribution is -0.385. The molecule has 0 saturated carbocycles. The van der Waals surface area contributed by atoms with Gasteiger partial charge in [0.2, 0.25) is 5.91 Å². The number of carbonyl (C=O) groups is 1. The van der Waals surface area contributed by atoms with Crippen molar-refractivity contribution >= 4 is 17.3 Å². The number of nitro groups is 1. The number of halogens is 1. The largest absolute Gasteiger partial charge is 0.374 e. The zero-order valence-corrected chi connectivity index (χ0v) is 11.0. The van der Waals surface area contributed by atoms with Gasteiger partial charge in [-0.2, -0.15) is 0 Å². The molecule has 7 heteroatoms. The van der Waals surface area contributed by atoms with E-state index in [0.717, 1.165) is 12.1 Å². The second-order valence-corrected chi connectivity index (χ2v) is 4.17. The highest BCUT2D eigenvalue weighted by Crippen LogP contribution is 2.20. The summed E-state index contributed by atoms with van der Waals surface area (Å²) >= 11 is 0. The number of likely N-dealkylation sites (N-methyl/N-ethyl adjacent to an activating group) is 1. The normalized spacial score (nSPS) is 11.8. The van der Waals surface area contributed by atoms with Gasteiger partial charge in [0.1, 0.15) is 11.9 Å². The van der Waals surface area contributed by atoms with E-state index >= 15 is 0 Å². The van der Waals surface area contributed by atoms with Crippen LogP contribution >= 0.6 is 0 Å². The Morgan fingerprint density at radius 1 is 1.53 bits per heavy atom. The summed E-state index contributed by atoms with van der Waals surface area (Å²) in [6.07, 6.45) is 0. The van der Waals surface area contributed by atoms with E-state index < -0.39 is 16.8 Å². The van der Waals surface area contributed by atoms with Crippen LogP contribution in [0.4, 0.5) is 15.8 Å². The Hall–Kier alpha value is -2.18. The van der Waals surface area contributed by atoms with E-state index in [9.17, 15) is 19.3 Å². The highest BCUT2D eigenvalue weighted by atomic mass is 19.1. The van der Waals surface area contributed by atoms with Gasteiger partial charge in [-0.25, -0.2) is 4.39 Å². The van der Waals surface area contributed by atoms with Gasteiger partial charge in [0.05, 0.1) is 11.0 Å². The van der Waals surface area contributed by atoms with Gasteiger partial charge in [-0.15, -0.1) is 0 Å². The van der Waals surface area contributed by atoms with Gasteiger partial charge in [0, 0.05) is 25.3 Å². The zero-order valence-electron chi connectivity index (χ0n) is 11.0. The first kappa shape index (κ1) is 14.9. The molecule has 0 aliphatic heterocycles. The minimum absolute atomic E-state index is 0.172. The predicted molar refractivity (Wildman–Crippen MR) is 69.5 cm³/mol. The second-order valence-electron chi connectivity index (χ2n) is 4.17. The topological polar surface area (TPSA) is 75.5 Å². The fourth-order valence-electron chi connectivity index (χ4n) is 1.56. The fourth-order valence-corrected chi connectivity index (χ4v) is 1.56. The number of non-ortho nitro benzene ring substituents is 1. The number of anilines is 1. The van der Waals surface area contributed by atoms with Crippen molar-refractivity contribution in [2.24, 2.45) is 0 Å². The Morgan fingerprint density at radius 3 is 2.68 bits per heavy atom. The SMILES string of the molecule is CCN(C)C(=O)C(C)Nc1cc(F)cc([N+](=O)[O-])c1. The van der Waals surface area contributed by atoms with E-state index in [-0.39, 0.29) is 17.3 Å². The number of nitrogens with one attached hydrogen (secondary N) is 1. The molecule has 0 radical (unpaired) electrons. The number of rotatable bonds is 5. The van der Waals surface area contributed by atoms with Gasteiger partial charge >= 0.3 is 0 Å². The number of hydrogen-bond donors (Lipinski definition) is 1. The van der Waals surface area contributed by atoms with Crippen molar-refractivity contribution < 1.29 is 14.1 Å². The van der Waals surface area contributed by atoms with Crippen LogP contribution in [0.25, 0.3) is 0 Å². The minimum Gasteiger partial charge on any atom is -0.374 e. The lowest BCUT2D eigenvalue weighted by Crippen LogP contribution is -2.38. The summed E-state index contributed by atoms with van der Waals surface area (Å²) in [5, 5.41) is 13.4. The van der Waals surface area contributed by atoms with Crippen molar-refractivity contribution in [3.05, 3.63) is 34.1 Å². The van der Waals surface area contributed by atoms with E-state index in [1.807, 2.05) is 6.92 Å². The van der Waals surface area contributed by atoms with Gasteiger partial charge < -0.3 is 10.2 Å². The lowest BCUT2D eigenvalue weighted by Gasteiger charge is -2.21. The number of nitro benzene ring substituents is 1. The maximum Gasteiger partial charge on any atom is 0.274 e. The van der Waals surface area contributed by atoms with Gasteiger partial charge in [0.15, 0.2) is 0 Å². The second kappa shape index (κ2) is 6.12. The molecule has 0 aromatic heterocycles. The summed E-state index contributed by atoms with van der Waals surface area (Å²) in [4.78, 5) is 23.3. The molecule has 1 rings (SSSR count). The van der Waals surface area contributed by atoms with Gasteiger partial charge in [-0.3, -0.25) is 14.9 Å². The molecular weight excluding hydrogens is 253 g/mol. The molecule has 0 spiro atoms. The third-order valence-corrected chi connectivity index (χ3v) is 2.70. The number of hydrogen-bond acceptors (Lipinski definition) is 4.